The standard InChI is InChI=1S/C55H34FN5/c56-47-31-29-42(34-46(47)36-14-3-1-4-15-36)60-49-22-12-10-20-45(49)51-50(60)32-30-44-43-19-9-11-21-48(43)61(52(44)51)41-27-25-38(26-28-41)54-57-53(37-16-5-2-6-17-37)58-55(59-54)40-24-23-35-13-7-8-18-39(35)33-40/h1-34H. The Hall–Kier alpha value is -8.22. The monoisotopic (exact) mass is 783 g/mol. The second-order valence-corrected chi connectivity index (χ2v) is 15.4. The fourth-order valence-electron chi connectivity index (χ4n) is 8.98. The van der Waals surface area contributed by atoms with E-state index >= 15 is 4.39 Å². The lowest BCUT2D eigenvalue weighted by molar-refractivity contribution is 0.631. The van der Waals surface area contributed by atoms with E-state index in [1.54, 1.807) is 6.07 Å². The van der Waals surface area contributed by atoms with Crippen LogP contribution in [0.5, 0.6) is 0 Å². The SMILES string of the molecule is Fc1ccc(-n2c3ccccc3c3c2ccc2c4ccccc4n(-c4ccc(-c5nc(-c6ccccc6)nc(-c6ccc7ccccc7c6)n5)cc4)c23)cc1-c1ccccc1. The highest BCUT2D eigenvalue weighted by Crippen LogP contribution is 2.42. The zero-order valence-electron chi connectivity index (χ0n) is 32.7. The van der Waals surface area contributed by atoms with Crippen molar-refractivity contribution in [3.8, 4) is 56.7 Å². The number of hydrogen-bond donors (Lipinski definition) is 0. The summed E-state index contributed by atoms with van der Waals surface area (Å²) < 4.78 is 20.1. The Labute approximate surface area is 350 Å². The van der Waals surface area contributed by atoms with Crippen LogP contribution in [0.25, 0.3) is 111 Å². The third-order valence-electron chi connectivity index (χ3n) is 11.8. The van der Waals surface area contributed by atoms with Gasteiger partial charge in [0.15, 0.2) is 17.5 Å². The first kappa shape index (κ1) is 34.8. The molecule has 0 spiro atoms. The molecular weight excluding hydrogens is 750 g/mol. The van der Waals surface area contributed by atoms with Gasteiger partial charge in [-0.25, -0.2) is 19.3 Å². The van der Waals surface area contributed by atoms with Crippen molar-refractivity contribution in [2.45, 2.75) is 0 Å². The minimum absolute atomic E-state index is 0.250. The van der Waals surface area contributed by atoms with Gasteiger partial charge in [0, 0.05) is 55.2 Å². The van der Waals surface area contributed by atoms with E-state index < -0.39 is 0 Å². The maximum Gasteiger partial charge on any atom is 0.164 e. The third kappa shape index (κ3) is 5.72. The molecule has 0 aliphatic rings. The smallest absolute Gasteiger partial charge is 0.164 e. The minimum atomic E-state index is -0.250. The van der Waals surface area contributed by atoms with Gasteiger partial charge in [0.25, 0.3) is 0 Å². The maximum atomic E-state index is 15.5. The molecule has 3 heterocycles. The second-order valence-electron chi connectivity index (χ2n) is 15.4. The average Bonchev–Trinajstić information content (AvgIpc) is 3.85. The summed E-state index contributed by atoms with van der Waals surface area (Å²) in [6.07, 6.45) is 0. The zero-order chi connectivity index (χ0) is 40.4. The van der Waals surface area contributed by atoms with Gasteiger partial charge in [0.1, 0.15) is 5.82 Å². The van der Waals surface area contributed by atoms with Crippen LogP contribution >= 0.6 is 0 Å². The fraction of sp³-hybridized carbons (Fsp3) is 0. The van der Waals surface area contributed by atoms with Gasteiger partial charge in [-0.3, -0.25) is 0 Å². The van der Waals surface area contributed by atoms with E-state index in [4.69, 9.17) is 15.0 Å². The van der Waals surface area contributed by atoms with E-state index in [0.717, 1.165) is 77.2 Å². The number of rotatable bonds is 6. The largest absolute Gasteiger partial charge is 0.309 e. The second kappa shape index (κ2) is 14.0. The molecule has 6 heteroatoms. The molecule has 0 unspecified atom stereocenters. The molecule has 0 saturated carbocycles. The topological polar surface area (TPSA) is 48.5 Å². The van der Waals surface area contributed by atoms with Crippen LogP contribution in [0, 0.1) is 5.82 Å². The summed E-state index contributed by atoms with van der Waals surface area (Å²) in [5, 5.41) is 6.87. The summed E-state index contributed by atoms with van der Waals surface area (Å²) in [6, 6.07) is 70.0. The molecule has 3 aromatic heterocycles. The molecule has 61 heavy (non-hydrogen) atoms. The Morgan fingerprint density at radius 1 is 0.344 bits per heavy atom. The molecule has 9 aromatic carbocycles. The predicted octanol–water partition coefficient (Wildman–Crippen LogP) is 14.0. The molecule has 0 saturated heterocycles. The highest BCUT2D eigenvalue weighted by atomic mass is 19.1. The van der Waals surface area contributed by atoms with Crippen molar-refractivity contribution in [2.24, 2.45) is 0 Å². The van der Waals surface area contributed by atoms with Gasteiger partial charge in [0.2, 0.25) is 0 Å². The first-order chi connectivity index (χ1) is 30.2. The zero-order valence-corrected chi connectivity index (χ0v) is 32.7. The Kier molecular flexibility index (Phi) is 7.96. The van der Waals surface area contributed by atoms with Crippen molar-refractivity contribution in [3.63, 3.8) is 0 Å². The number of nitrogens with zero attached hydrogens (tertiary/aromatic N) is 5. The van der Waals surface area contributed by atoms with E-state index in [1.165, 1.54) is 10.8 Å². The van der Waals surface area contributed by atoms with Crippen LogP contribution in [-0.2, 0) is 0 Å². The van der Waals surface area contributed by atoms with Gasteiger partial charge >= 0.3 is 0 Å². The molecule has 0 fully saturated rings. The highest BCUT2D eigenvalue weighted by Gasteiger charge is 2.22. The lowest BCUT2D eigenvalue weighted by Gasteiger charge is -2.12. The normalized spacial score (nSPS) is 11.7. The molecule has 286 valence electrons. The summed E-state index contributed by atoms with van der Waals surface area (Å²) in [5.74, 6) is 1.60. The quantitative estimate of drug-likeness (QED) is 0.169. The Morgan fingerprint density at radius 3 is 1.64 bits per heavy atom. The van der Waals surface area contributed by atoms with Crippen molar-refractivity contribution in [3.05, 3.63) is 212 Å². The lowest BCUT2D eigenvalue weighted by atomic mass is 10.0. The van der Waals surface area contributed by atoms with Crippen molar-refractivity contribution < 1.29 is 4.39 Å². The summed E-state index contributed by atoms with van der Waals surface area (Å²) in [6.45, 7) is 0. The first-order valence-electron chi connectivity index (χ1n) is 20.4. The van der Waals surface area contributed by atoms with E-state index in [0.29, 0.717) is 23.0 Å². The van der Waals surface area contributed by atoms with Crippen LogP contribution in [-0.4, -0.2) is 24.1 Å². The molecule has 0 aliphatic carbocycles. The molecule has 12 aromatic rings. The van der Waals surface area contributed by atoms with Crippen LogP contribution in [0.15, 0.2) is 206 Å². The maximum absolute atomic E-state index is 15.5. The van der Waals surface area contributed by atoms with Crippen molar-refractivity contribution in [1.29, 1.82) is 0 Å². The van der Waals surface area contributed by atoms with Crippen LogP contribution in [0.2, 0.25) is 0 Å². The van der Waals surface area contributed by atoms with Gasteiger partial charge in [-0.1, -0.05) is 140 Å². The van der Waals surface area contributed by atoms with Gasteiger partial charge in [-0.15, -0.1) is 0 Å². The summed E-state index contributed by atoms with van der Waals surface area (Å²) in [5.41, 5.74) is 10.4. The number of hydrogen-bond acceptors (Lipinski definition) is 3. The number of benzene rings is 9. The molecule has 5 nitrogen and oxygen atoms in total. The Bertz CT molecular complexity index is 3650. The van der Waals surface area contributed by atoms with Crippen LogP contribution in [0.4, 0.5) is 4.39 Å². The number of fused-ring (bicyclic) bond motifs is 8. The van der Waals surface area contributed by atoms with Gasteiger partial charge in [0.05, 0.1) is 22.1 Å². The van der Waals surface area contributed by atoms with Crippen LogP contribution in [0.3, 0.4) is 0 Å². The fourth-order valence-corrected chi connectivity index (χ4v) is 8.98. The van der Waals surface area contributed by atoms with Crippen LogP contribution in [0.1, 0.15) is 0 Å². The van der Waals surface area contributed by atoms with Gasteiger partial charge in [-0.05, 0) is 83.1 Å². The number of halogens is 1. The predicted molar refractivity (Wildman–Crippen MR) is 248 cm³/mol. The summed E-state index contributed by atoms with van der Waals surface area (Å²) in [4.78, 5) is 15.1. The molecule has 0 aliphatic heterocycles. The van der Waals surface area contributed by atoms with E-state index in [2.05, 4.69) is 137 Å². The van der Waals surface area contributed by atoms with E-state index in [1.807, 2.05) is 72.8 Å². The van der Waals surface area contributed by atoms with Gasteiger partial charge < -0.3 is 9.13 Å². The van der Waals surface area contributed by atoms with Crippen molar-refractivity contribution in [2.75, 3.05) is 0 Å². The van der Waals surface area contributed by atoms with Crippen molar-refractivity contribution in [1.82, 2.24) is 24.1 Å². The highest BCUT2D eigenvalue weighted by molar-refractivity contribution is 6.26. The van der Waals surface area contributed by atoms with E-state index in [-0.39, 0.29) is 5.82 Å². The van der Waals surface area contributed by atoms with Crippen molar-refractivity contribution >= 4 is 54.4 Å². The molecule has 0 N–H and O–H groups in total. The minimum Gasteiger partial charge on any atom is -0.309 e. The average molecular weight is 784 g/mol. The van der Waals surface area contributed by atoms with E-state index in [9.17, 15) is 0 Å². The lowest BCUT2D eigenvalue weighted by Crippen LogP contribution is -2.00. The number of aromatic nitrogens is 5. The summed E-state index contributed by atoms with van der Waals surface area (Å²) >= 11 is 0. The molecular formula is C55H34FN5. The first-order valence-corrected chi connectivity index (χ1v) is 20.4. The number of para-hydroxylation sites is 2. The van der Waals surface area contributed by atoms with Gasteiger partial charge in [-0.2, -0.15) is 0 Å². The molecule has 12 rings (SSSR count). The Morgan fingerprint density at radius 2 is 0.902 bits per heavy atom. The van der Waals surface area contributed by atoms with Crippen LogP contribution < -0.4 is 0 Å². The molecule has 0 amide bonds. The molecule has 0 bridgehead atoms. The third-order valence-corrected chi connectivity index (χ3v) is 11.8. The Balaban J connectivity index is 1.05. The molecule has 0 atom stereocenters. The molecule has 0 radical (unpaired) electrons. The summed E-state index contributed by atoms with van der Waals surface area (Å²) in [7, 11) is 0.